The van der Waals surface area contributed by atoms with Crippen LogP contribution in [0.4, 0.5) is 0 Å². The third-order valence-corrected chi connectivity index (χ3v) is 8.00. The van der Waals surface area contributed by atoms with E-state index in [1.54, 1.807) is 40.8 Å². The van der Waals surface area contributed by atoms with E-state index >= 15 is 0 Å². The molecular formula is C27H23N3O2S2. The van der Waals surface area contributed by atoms with Crippen LogP contribution in [-0.2, 0) is 9.84 Å². The highest BCUT2D eigenvalue weighted by Gasteiger charge is 2.22. The van der Waals surface area contributed by atoms with E-state index in [2.05, 4.69) is 6.92 Å². The molecule has 7 heteroatoms. The van der Waals surface area contributed by atoms with Crippen LogP contribution in [0.3, 0.4) is 0 Å². The van der Waals surface area contributed by atoms with E-state index < -0.39 is 9.84 Å². The monoisotopic (exact) mass is 485 g/mol. The van der Waals surface area contributed by atoms with Crippen molar-refractivity contribution < 1.29 is 8.42 Å². The summed E-state index contributed by atoms with van der Waals surface area (Å²) in [6.07, 6.45) is 4.25. The Morgan fingerprint density at radius 2 is 1.65 bits per heavy atom. The Morgan fingerprint density at radius 1 is 1.00 bits per heavy atom. The fourth-order valence-electron chi connectivity index (χ4n) is 3.40. The van der Waals surface area contributed by atoms with Crippen molar-refractivity contribution in [1.29, 1.82) is 5.26 Å². The zero-order valence-corrected chi connectivity index (χ0v) is 20.3. The van der Waals surface area contributed by atoms with E-state index in [0.29, 0.717) is 11.3 Å². The first-order valence-electron chi connectivity index (χ1n) is 10.8. The summed E-state index contributed by atoms with van der Waals surface area (Å²) in [6.45, 7) is 2.15. The average molecular weight is 486 g/mol. The van der Waals surface area contributed by atoms with Crippen molar-refractivity contribution >= 4 is 27.7 Å². The fraction of sp³-hybridized carbons (Fsp3) is 0.111. The van der Waals surface area contributed by atoms with E-state index in [1.165, 1.54) is 18.2 Å². The summed E-state index contributed by atoms with van der Waals surface area (Å²) >= 11 is 1.79. The van der Waals surface area contributed by atoms with Crippen molar-refractivity contribution in [2.24, 2.45) is 0 Å². The standard InChI is InChI=1S/C27H23N3O2S2/c1-2-17-33-24-15-13-21(14-16-24)27-22(20-30(29-27)23-9-5-3-6-10-23)18-26(19-28)34(31,32)25-11-7-4-8-12-25/h3-16,18,20H,2,17H2,1H3. The normalized spacial score (nSPS) is 11.8. The Labute approximate surface area is 204 Å². The molecule has 4 aromatic rings. The predicted molar refractivity (Wildman–Crippen MR) is 137 cm³/mol. The van der Waals surface area contributed by atoms with Crippen LogP contribution in [0.1, 0.15) is 18.9 Å². The third-order valence-electron chi connectivity index (χ3n) is 5.10. The average Bonchev–Trinajstić information content (AvgIpc) is 3.31. The van der Waals surface area contributed by atoms with Crippen LogP contribution in [0.15, 0.2) is 106 Å². The maximum atomic E-state index is 13.1. The molecule has 0 aliphatic heterocycles. The number of sulfone groups is 1. The van der Waals surface area contributed by atoms with Gasteiger partial charge in [0.1, 0.15) is 16.7 Å². The predicted octanol–water partition coefficient (Wildman–Crippen LogP) is 6.38. The van der Waals surface area contributed by atoms with Crippen LogP contribution in [0.2, 0.25) is 0 Å². The Bertz CT molecular complexity index is 1440. The minimum absolute atomic E-state index is 0.0807. The number of aromatic nitrogens is 2. The molecule has 0 amide bonds. The molecule has 0 radical (unpaired) electrons. The van der Waals surface area contributed by atoms with E-state index in [0.717, 1.165) is 28.3 Å². The molecule has 0 saturated carbocycles. The number of rotatable bonds is 8. The van der Waals surface area contributed by atoms with Crippen LogP contribution in [0, 0.1) is 11.3 Å². The van der Waals surface area contributed by atoms with Crippen molar-refractivity contribution in [3.8, 4) is 23.0 Å². The molecule has 1 aromatic heterocycles. The van der Waals surface area contributed by atoms with Crippen molar-refractivity contribution in [2.45, 2.75) is 23.1 Å². The van der Waals surface area contributed by atoms with Gasteiger partial charge in [-0.3, -0.25) is 0 Å². The van der Waals surface area contributed by atoms with Gasteiger partial charge in [-0.15, -0.1) is 11.8 Å². The molecule has 34 heavy (non-hydrogen) atoms. The number of hydrogen-bond acceptors (Lipinski definition) is 5. The van der Waals surface area contributed by atoms with Gasteiger partial charge in [0, 0.05) is 22.2 Å². The van der Waals surface area contributed by atoms with Gasteiger partial charge in [0.25, 0.3) is 0 Å². The van der Waals surface area contributed by atoms with Gasteiger partial charge in [0.2, 0.25) is 9.84 Å². The van der Waals surface area contributed by atoms with E-state index in [4.69, 9.17) is 5.10 Å². The van der Waals surface area contributed by atoms with Crippen LogP contribution in [-0.4, -0.2) is 24.0 Å². The third kappa shape index (κ3) is 5.14. The van der Waals surface area contributed by atoms with Gasteiger partial charge in [0.15, 0.2) is 0 Å². The second kappa shape index (κ2) is 10.6. The number of nitrogens with zero attached hydrogens (tertiary/aromatic N) is 3. The van der Waals surface area contributed by atoms with Crippen LogP contribution in [0.5, 0.6) is 0 Å². The molecule has 170 valence electrons. The summed E-state index contributed by atoms with van der Waals surface area (Å²) < 4.78 is 27.9. The molecule has 0 bridgehead atoms. The van der Waals surface area contributed by atoms with E-state index in [-0.39, 0.29) is 9.80 Å². The Morgan fingerprint density at radius 3 is 2.26 bits per heavy atom. The second-order valence-corrected chi connectivity index (χ2v) is 10.6. The number of para-hydroxylation sites is 1. The van der Waals surface area contributed by atoms with Crippen molar-refractivity contribution in [2.75, 3.05) is 5.75 Å². The van der Waals surface area contributed by atoms with Crippen molar-refractivity contribution in [1.82, 2.24) is 9.78 Å². The molecule has 0 fully saturated rings. The molecule has 0 aliphatic carbocycles. The minimum atomic E-state index is -3.96. The molecule has 0 spiro atoms. The molecular weight excluding hydrogens is 462 g/mol. The van der Waals surface area contributed by atoms with Crippen LogP contribution >= 0.6 is 11.8 Å². The minimum Gasteiger partial charge on any atom is -0.240 e. The van der Waals surface area contributed by atoms with Gasteiger partial charge in [-0.1, -0.05) is 55.5 Å². The first-order valence-corrected chi connectivity index (χ1v) is 13.3. The van der Waals surface area contributed by atoms with E-state index in [1.807, 2.05) is 60.7 Å². The molecule has 5 nitrogen and oxygen atoms in total. The topological polar surface area (TPSA) is 75.8 Å². The highest BCUT2D eigenvalue weighted by Crippen LogP contribution is 2.30. The summed E-state index contributed by atoms with van der Waals surface area (Å²) in [5, 5.41) is 14.5. The van der Waals surface area contributed by atoms with Crippen molar-refractivity contribution in [3.63, 3.8) is 0 Å². The van der Waals surface area contributed by atoms with Gasteiger partial charge in [0.05, 0.1) is 10.6 Å². The Hall–Kier alpha value is -3.60. The lowest BCUT2D eigenvalue weighted by Crippen LogP contribution is -2.03. The highest BCUT2D eigenvalue weighted by atomic mass is 32.2. The maximum absolute atomic E-state index is 13.1. The number of allylic oxidation sites excluding steroid dienone is 1. The molecule has 0 atom stereocenters. The largest absolute Gasteiger partial charge is 0.240 e. The van der Waals surface area contributed by atoms with Gasteiger partial charge >= 0.3 is 0 Å². The Kier molecular flexibility index (Phi) is 7.31. The number of thioether (sulfide) groups is 1. The van der Waals surface area contributed by atoms with Gasteiger partial charge in [-0.05, 0) is 54.6 Å². The Balaban J connectivity index is 1.82. The number of benzene rings is 3. The zero-order valence-electron chi connectivity index (χ0n) is 18.6. The molecule has 1 heterocycles. The summed E-state index contributed by atoms with van der Waals surface area (Å²) in [7, 11) is -3.96. The quantitative estimate of drug-likeness (QED) is 0.214. The summed E-state index contributed by atoms with van der Waals surface area (Å²) in [4.78, 5) is 0.911. The summed E-state index contributed by atoms with van der Waals surface area (Å²) in [6, 6.07) is 27.5. The van der Waals surface area contributed by atoms with Gasteiger partial charge < -0.3 is 0 Å². The van der Waals surface area contributed by atoms with Gasteiger partial charge in [-0.25, -0.2) is 13.1 Å². The first kappa shape index (κ1) is 23.6. The zero-order chi connectivity index (χ0) is 24.0. The molecule has 3 aromatic carbocycles. The second-order valence-electron chi connectivity index (χ2n) is 7.52. The molecule has 0 saturated heterocycles. The summed E-state index contributed by atoms with van der Waals surface area (Å²) in [5.74, 6) is 1.04. The van der Waals surface area contributed by atoms with Crippen molar-refractivity contribution in [3.05, 3.63) is 102 Å². The molecule has 4 rings (SSSR count). The molecule has 0 N–H and O–H groups in total. The highest BCUT2D eigenvalue weighted by molar-refractivity contribution is 7.99. The molecule has 0 unspecified atom stereocenters. The summed E-state index contributed by atoms with van der Waals surface area (Å²) in [5.41, 5.74) is 2.83. The maximum Gasteiger partial charge on any atom is 0.216 e. The van der Waals surface area contributed by atoms with Gasteiger partial charge in [-0.2, -0.15) is 10.4 Å². The van der Waals surface area contributed by atoms with E-state index in [9.17, 15) is 13.7 Å². The number of nitriles is 1. The SMILES string of the molecule is CCCSc1ccc(-c2nn(-c3ccccc3)cc2C=C(C#N)S(=O)(=O)c2ccccc2)cc1. The van der Waals surface area contributed by atoms with Crippen LogP contribution in [0.25, 0.3) is 23.0 Å². The number of hydrogen-bond donors (Lipinski definition) is 0. The smallest absolute Gasteiger partial charge is 0.216 e. The first-order chi connectivity index (χ1) is 16.5. The molecule has 0 aliphatic rings. The fourth-order valence-corrected chi connectivity index (χ4v) is 5.34. The lowest BCUT2D eigenvalue weighted by atomic mass is 10.1. The van der Waals surface area contributed by atoms with Crippen LogP contribution < -0.4 is 0 Å². The lowest BCUT2D eigenvalue weighted by molar-refractivity contribution is 0.603. The lowest BCUT2D eigenvalue weighted by Gasteiger charge is -2.04.